The van der Waals surface area contributed by atoms with Gasteiger partial charge in [0.1, 0.15) is 0 Å². The zero-order valence-electron chi connectivity index (χ0n) is 32.6. The Labute approximate surface area is 282 Å². The first-order valence-corrected chi connectivity index (χ1v) is 26.5. The maximum atomic E-state index is 11.8. The summed E-state index contributed by atoms with van der Waals surface area (Å²) < 4.78 is 21.3. The fraction of sp³-hybridized carbons (Fsp3) is 0.917. The lowest BCUT2D eigenvalue weighted by Gasteiger charge is -2.46. The van der Waals surface area contributed by atoms with E-state index in [1.807, 2.05) is 0 Å². The summed E-state index contributed by atoms with van der Waals surface area (Å²) in [7, 11) is -6.65. The van der Waals surface area contributed by atoms with Crippen LogP contribution >= 0.6 is 0 Å². The van der Waals surface area contributed by atoms with Crippen molar-refractivity contribution in [2.75, 3.05) is 0 Å². The first-order chi connectivity index (χ1) is 20.2. The molecule has 45 heavy (non-hydrogen) atoms. The van der Waals surface area contributed by atoms with E-state index in [0.29, 0.717) is 6.42 Å². The highest BCUT2D eigenvalue weighted by atomic mass is 28.4. The number of aliphatic hydroxyl groups is 1. The molecule has 0 aliphatic heterocycles. The van der Waals surface area contributed by atoms with E-state index in [2.05, 4.69) is 109 Å². The van der Waals surface area contributed by atoms with Crippen molar-refractivity contribution < 1.29 is 28.3 Å². The maximum Gasteiger partial charge on any atom is 0.328 e. The van der Waals surface area contributed by atoms with Gasteiger partial charge in [0, 0.05) is 18.6 Å². The maximum absolute atomic E-state index is 11.8. The molecule has 0 unspecified atom stereocenters. The summed E-state index contributed by atoms with van der Waals surface area (Å²) in [6.45, 7) is 36.0. The van der Waals surface area contributed by atoms with Crippen LogP contribution in [0.2, 0.25) is 54.4 Å². The summed E-state index contributed by atoms with van der Waals surface area (Å²) in [6.07, 6.45) is 11.8. The zero-order chi connectivity index (χ0) is 35.5. The molecule has 6 nitrogen and oxygen atoms in total. The van der Waals surface area contributed by atoms with Crippen LogP contribution in [0.4, 0.5) is 0 Å². The van der Waals surface area contributed by atoms with Crippen molar-refractivity contribution in [2.45, 2.75) is 212 Å². The second-order valence-electron chi connectivity index (χ2n) is 18.0. The SMILES string of the molecule is CCCCC[C@@H](O)CCCCC[C@H](C[C@H](O[Si](C)(C)C(C)(C)C)[C@@H](/C=C/C(=O)O)O[Si](C)(C)C(C)(C)C)O[Si](C)(C)C(C)(C)C. The number of carboxylic acid groups (broad SMARTS) is 1. The summed E-state index contributed by atoms with van der Waals surface area (Å²) in [5.74, 6) is -0.976. The number of rotatable bonds is 21. The van der Waals surface area contributed by atoms with Gasteiger partial charge in [-0.05, 0) is 79.7 Å². The zero-order valence-corrected chi connectivity index (χ0v) is 35.6. The average Bonchev–Trinajstić information content (AvgIpc) is 2.83. The Kier molecular flexibility index (Phi) is 18.3. The van der Waals surface area contributed by atoms with E-state index in [0.717, 1.165) is 44.9 Å². The number of hydrogen-bond acceptors (Lipinski definition) is 5. The standard InChI is InChI=1S/C36H76O6Si3/c1-17-18-20-23-29(37)24-21-19-22-25-30(40-43(11,12)34(2,3)4)28-32(42-45(15,16)36(8,9)10)31(26-27-33(38)39)41-44(13,14)35(5,6)7/h26-27,29-32,37H,17-25,28H2,1-16H3,(H,38,39)/b27-26+/t29-,30-,31-,32+/m1/s1. The monoisotopic (exact) mass is 688 g/mol. The number of carboxylic acids is 1. The Hall–Kier alpha value is -0.299. The number of unbranched alkanes of at least 4 members (excludes halogenated alkanes) is 4. The van der Waals surface area contributed by atoms with Crippen LogP contribution in [0.15, 0.2) is 12.2 Å². The smallest absolute Gasteiger partial charge is 0.328 e. The quantitative estimate of drug-likeness (QED) is 0.0709. The molecule has 0 rings (SSSR count). The summed E-state index contributed by atoms with van der Waals surface area (Å²) >= 11 is 0. The lowest BCUT2D eigenvalue weighted by Crippen LogP contribution is -2.53. The number of aliphatic carboxylic acids is 1. The third kappa shape index (κ3) is 16.6. The van der Waals surface area contributed by atoms with Crippen molar-refractivity contribution in [2.24, 2.45) is 0 Å². The van der Waals surface area contributed by atoms with Crippen molar-refractivity contribution in [3.63, 3.8) is 0 Å². The van der Waals surface area contributed by atoms with Gasteiger partial charge in [0.15, 0.2) is 25.0 Å². The molecule has 0 saturated carbocycles. The summed E-state index contributed by atoms with van der Waals surface area (Å²) in [4.78, 5) is 11.8. The van der Waals surface area contributed by atoms with E-state index < -0.39 is 37.0 Å². The third-order valence-corrected chi connectivity index (χ3v) is 24.3. The van der Waals surface area contributed by atoms with Crippen LogP contribution in [0.25, 0.3) is 0 Å². The molecule has 0 heterocycles. The van der Waals surface area contributed by atoms with Crippen LogP contribution in [-0.2, 0) is 18.1 Å². The van der Waals surface area contributed by atoms with Crippen LogP contribution in [0.1, 0.15) is 133 Å². The molecule has 0 bridgehead atoms. The van der Waals surface area contributed by atoms with E-state index in [9.17, 15) is 15.0 Å². The van der Waals surface area contributed by atoms with Gasteiger partial charge >= 0.3 is 5.97 Å². The van der Waals surface area contributed by atoms with Gasteiger partial charge < -0.3 is 23.5 Å². The van der Waals surface area contributed by atoms with Gasteiger partial charge in [-0.2, -0.15) is 0 Å². The minimum atomic E-state index is -2.28. The minimum absolute atomic E-state index is 0.0168. The van der Waals surface area contributed by atoms with Gasteiger partial charge in [0.25, 0.3) is 0 Å². The first kappa shape index (κ1) is 44.7. The molecule has 9 heteroatoms. The first-order valence-electron chi connectivity index (χ1n) is 17.8. The Morgan fingerprint density at radius 1 is 0.667 bits per heavy atom. The van der Waals surface area contributed by atoms with Crippen molar-refractivity contribution >= 4 is 30.9 Å². The van der Waals surface area contributed by atoms with E-state index in [1.165, 1.54) is 18.9 Å². The molecular weight excluding hydrogens is 613 g/mol. The Bertz CT molecular complexity index is 881. The van der Waals surface area contributed by atoms with Gasteiger partial charge in [0.2, 0.25) is 0 Å². The molecule has 0 saturated heterocycles. The molecule has 268 valence electrons. The van der Waals surface area contributed by atoms with Crippen molar-refractivity contribution in [3.05, 3.63) is 12.2 Å². The van der Waals surface area contributed by atoms with Crippen LogP contribution in [-0.4, -0.2) is 65.6 Å². The van der Waals surface area contributed by atoms with Gasteiger partial charge in [-0.3, -0.25) is 0 Å². The van der Waals surface area contributed by atoms with E-state index in [4.69, 9.17) is 13.3 Å². The molecule has 0 aromatic rings. The minimum Gasteiger partial charge on any atom is -0.478 e. The molecule has 0 aliphatic carbocycles. The largest absolute Gasteiger partial charge is 0.478 e. The highest BCUT2D eigenvalue weighted by molar-refractivity contribution is 6.75. The predicted molar refractivity (Wildman–Crippen MR) is 201 cm³/mol. The molecular formula is C36H76O6Si3. The predicted octanol–water partition coefficient (Wildman–Crippen LogP) is 11.1. The highest BCUT2D eigenvalue weighted by Gasteiger charge is 2.46. The van der Waals surface area contributed by atoms with Gasteiger partial charge in [0.05, 0.1) is 18.3 Å². The van der Waals surface area contributed by atoms with Crippen LogP contribution in [0, 0.1) is 0 Å². The highest BCUT2D eigenvalue weighted by Crippen LogP contribution is 2.43. The van der Waals surface area contributed by atoms with Crippen LogP contribution < -0.4 is 0 Å². The van der Waals surface area contributed by atoms with Gasteiger partial charge in [-0.15, -0.1) is 0 Å². The average molecular weight is 689 g/mol. The van der Waals surface area contributed by atoms with Crippen molar-refractivity contribution in [3.8, 4) is 0 Å². The lowest BCUT2D eigenvalue weighted by atomic mass is 10.00. The lowest BCUT2D eigenvalue weighted by molar-refractivity contribution is -0.131. The molecule has 0 amide bonds. The number of carbonyl (C=O) groups is 1. The molecule has 2 N–H and O–H groups in total. The van der Waals surface area contributed by atoms with E-state index in [1.54, 1.807) is 6.08 Å². The van der Waals surface area contributed by atoms with Crippen molar-refractivity contribution in [1.82, 2.24) is 0 Å². The topological polar surface area (TPSA) is 85.2 Å². The Morgan fingerprint density at radius 3 is 1.53 bits per heavy atom. The van der Waals surface area contributed by atoms with Crippen molar-refractivity contribution in [1.29, 1.82) is 0 Å². The Balaban J connectivity index is 6.43. The Morgan fingerprint density at radius 2 is 1.09 bits per heavy atom. The van der Waals surface area contributed by atoms with E-state index in [-0.39, 0.29) is 33.4 Å². The van der Waals surface area contributed by atoms with Crippen LogP contribution in [0.5, 0.6) is 0 Å². The van der Waals surface area contributed by atoms with E-state index >= 15 is 0 Å². The number of aliphatic hydroxyl groups excluding tert-OH is 1. The molecule has 0 spiro atoms. The summed E-state index contributed by atoms with van der Waals surface area (Å²) in [5, 5.41) is 20.1. The van der Waals surface area contributed by atoms with Gasteiger partial charge in [-0.1, -0.05) is 108 Å². The number of hydrogen-bond donors (Lipinski definition) is 2. The molecule has 0 aromatic carbocycles. The molecule has 0 fully saturated rings. The normalized spacial score (nSPS) is 17.0. The van der Waals surface area contributed by atoms with Gasteiger partial charge in [-0.25, -0.2) is 4.79 Å². The third-order valence-electron chi connectivity index (χ3n) is 10.8. The molecule has 0 aliphatic rings. The summed E-state index contributed by atoms with van der Waals surface area (Å²) in [6, 6.07) is 0. The molecule has 0 aromatic heterocycles. The second kappa shape index (κ2) is 18.5. The summed E-state index contributed by atoms with van der Waals surface area (Å²) in [5.41, 5.74) is 0. The fourth-order valence-corrected chi connectivity index (χ4v) is 8.52. The van der Waals surface area contributed by atoms with Crippen LogP contribution in [0.3, 0.4) is 0 Å². The molecule has 0 radical (unpaired) electrons. The molecule has 4 atom stereocenters. The fourth-order valence-electron chi connectivity index (χ4n) is 4.52. The second-order valence-corrected chi connectivity index (χ2v) is 32.2.